The molecule has 2 nitrogen and oxygen atoms in total. The van der Waals surface area contributed by atoms with Gasteiger partial charge in [0, 0.05) is 5.56 Å². The molecule has 1 rings (SSSR count). The zero-order chi connectivity index (χ0) is 7.40. The van der Waals surface area contributed by atoms with Crippen LogP contribution in [0.5, 0.6) is 0 Å². The van der Waals surface area contributed by atoms with Crippen molar-refractivity contribution in [3.05, 3.63) is 17.5 Å². The van der Waals surface area contributed by atoms with Crippen molar-refractivity contribution >= 4 is 0 Å². The van der Waals surface area contributed by atoms with Gasteiger partial charge in [-0.05, 0) is 19.8 Å². The largest absolute Gasteiger partial charge is 0.364 e. The van der Waals surface area contributed by atoms with Crippen LogP contribution < -0.4 is 0 Å². The molecule has 0 aliphatic heterocycles. The first-order valence-electron chi connectivity index (χ1n) is 3.74. The molecule has 2 heteroatoms. The summed E-state index contributed by atoms with van der Waals surface area (Å²) < 4.78 is 4.79. The van der Waals surface area contributed by atoms with Crippen molar-refractivity contribution < 1.29 is 4.52 Å². The van der Waals surface area contributed by atoms with Gasteiger partial charge in [0.1, 0.15) is 6.26 Å². The molecule has 56 valence electrons. The van der Waals surface area contributed by atoms with Crippen molar-refractivity contribution in [3.63, 3.8) is 0 Å². The average Bonchev–Trinajstić information content (AvgIpc) is 2.31. The van der Waals surface area contributed by atoms with Crippen LogP contribution in [0.2, 0.25) is 0 Å². The van der Waals surface area contributed by atoms with E-state index in [-0.39, 0.29) is 0 Å². The maximum atomic E-state index is 4.79. The lowest BCUT2D eigenvalue weighted by Crippen LogP contribution is -1.86. The number of rotatable bonds is 3. The van der Waals surface area contributed by atoms with Crippen LogP contribution in [0.1, 0.15) is 31.0 Å². The average molecular weight is 139 g/mol. The fraction of sp³-hybridized carbons (Fsp3) is 0.625. The Labute approximate surface area is 61.2 Å². The molecule has 0 aromatic carbocycles. The third-order valence-electron chi connectivity index (χ3n) is 1.61. The lowest BCUT2D eigenvalue weighted by atomic mass is 10.1. The van der Waals surface area contributed by atoms with Gasteiger partial charge in [0.15, 0.2) is 0 Å². The Kier molecular flexibility index (Phi) is 2.49. The van der Waals surface area contributed by atoms with Crippen LogP contribution in [-0.4, -0.2) is 5.16 Å². The lowest BCUT2D eigenvalue weighted by molar-refractivity contribution is 0.410. The van der Waals surface area contributed by atoms with E-state index in [4.69, 9.17) is 4.52 Å². The Morgan fingerprint density at radius 3 is 2.90 bits per heavy atom. The fourth-order valence-electron chi connectivity index (χ4n) is 0.896. The first-order chi connectivity index (χ1) is 4.84. The third kappa shape index (κ3) is 1.59. The van der Waals surface area contributed by atoms with Crippen LogP contribution in [-0.2, 0) is 6.42 Å². The quantitative estimate of drug-likeness (QED) is 0.642. The molecule has 1 aromatic heterocycles. The summed E-state index contributed by atoms with van der Waals surface area (Å²) in [4.78, 5) is 0. The zero-order valence-electron chi connectivity index (χ0n) is 6.55. The molecule has 0 atom stereocenters. The van der Waals surface area contributed by atoms with Crippen LogP contribution in [0.15, 0.2) is 10.8 Å². The second-order valence-electron chi connectivity index (χ2n) is 2.55. The number of aryl methyl sites for hydroxylation is 2. The summed E-state index contributed by atoms with van der Waals surface area (Å²) in [6.45, 7) is 4.21. The minimum atomic E-state index is 1.05. The molecule has 0 fully saturated rings. The summed E-state index contributed by atoms with van der Waals surface area (Å²) in [6, 6.07) is 0. The molecule has 10 heavy (non-hydrogen) atoms. The van der Waals surface area contributed by atoms with Gasteiger partial charge in [0.2, 0.25) is 0 Å². The molecular weight excluding hydrogens is 126 g/mol. The number of aromatic nitrogens is 1. The molecule has 0 radical (unpaired) electrons. The Bertz CT molecular complexity index is 193. The van der Waals surface area contributed by atoms with E-state index in [1.807, 2.05) is 6.92 Å². The molecule has 1 aromatic rings. The van der Waals surface area contributed by atoms with Gasteiger partial charge in [-0.2, -0.15) is 0 Å². The number of hydrogen-bond donors (Lipinski definition) is 0. The van der Waals surface area contributed by atoms with Gasteiger partial charge >= 0.3 is 0 Å². The van der Waals surface area contributed by atoms with E-state index in [0.717, 1.165) is 12.1 Å². The first-order valence-corrected chi connectivity index (χ1v) is 3.74. The SMILES string of the molecule is CCCCc1nocc1C. The Morgan fingerprint density at radius 1 is 1.60 bits per heavy atom. The third-order valence-corrected chi connectivity index (χ3v) is 1.61. The first kappa shape index (κ1) is 7.32. The van der Waals surface area contributed by atoms with Crippen molar-refractivity contribution in [2.45, 2.75) is 33.1 Å². The summed E-state index contributed by atoms with van der Waals surface area (Å²) >= 11 is 0. The van der Waals surface area contributed by atoms with E-state index >= 15 is 0 Å². The number of nitrogens with zero attached hydrogens (tertiary/aromatic N) is 1. The van der Waals surface area contributed by atoms with Gasteiger partial charge in [0.25, 0.3) is 0 Å². The lowest BCUT2D eigenvalue weighted by Gasteiger charge is -1.91. The molecule has 0 unspecified atom stereocenters. The summed E-state index contributed by atoms with van der Waals surface area (Å²) in [7, 11) is 0. The van der Waals surface area contributed by atoms with E-state index in [2.05, 4.69) is 12.1 Å². The van der Waals surface area contributed by atoms with Gasteiger partial charge < -0.3 is 4.52 Å². The van der Waals surface area contributed by atoms with Crippen molar-refractivity contribution in [1.82, 2.24) is 5.16 Å². The van der Waals surface area contributed by atoms with E-state index < -0.39 is 0 Å². The predicted octanol–water partition coefficient (Wildman–Crippen LogP) is 2.33. The minimum absolute atomic E-state index is 1.05. The maximum absolute atomic E-state index is 4.79. The highest BCUT2D eigenvalue weighted by Gasteiger charge is 2.00. The second-order valence-corrected chi connectivity index (χ2v) is 2.55. The van der Waals surface area contributed by atoms with Crippen LogP contribution in [0.4, 0.5) is 0 Å². The molecule has 1 heterocycles. The molecule has 0 N–H and O–H groups in total. The summed E-state index contributed by atoms with van der Waals surface area (Å²) in [5.41, 5.74) is 2.29. The normalized spacial score (nSPS) is 10.2. The molecular formula is C8H13NO. The Balaban J connectivity index is 2.49. The smallest absolute Gasteiger partial charge is 0.126 e. The summed E-state index contributed by atoms with van der Waals surface area (Å²) in [5.74, 6) is 0. The number of unbranched alkanes of at least 4 members (excludes halogenated alkanes) is 1. The molecule has 0 bridgehead atoms. The van der Waals surface area contributed by atoms with Crippen LogP contribution in [0.25, 0.3) is 0 Å². The molecule has 0 saturated carbocycles. The van der Waals surface area contributed by atoms with E-state index in [0.29, 0.717) is 0 Å². The van der Waals surface area contributed by atoms with Crippen LogP contribution >= 0.6 is 0 Å². The van der Waals surface area contributed by atoms with Gasteiger partial charge in [-0.3, -0.25) is 0 Å². The minimum Gasteiger partial charge on any atom is -0.364 e. The highest BCUT2D eigenvalue weighted by atomic mass is 16.5. The Morgan fingerprint density at radius 2 is 2.40 bits per heavy atom. The number of hydrogen-bond acceptors (Lipinski definition) is 2. The van der Waals surface area contributed by atoms with Gasteiger partial charge in [-0.15, -0.1) is 0 Å². The predicted molar refractivity (Wildman–Crippen MR) is 39.9 cm³/mol. The Hall–Kier alpha value is -0.790. The van der Waals surface area contributed by atoms with Gasteiger partial charge in [0.05, 0.1) is 5.69 Å². The summed E-state index contributed by atoms with van der Waals surface area (Å²) in [6.07, 6.45) is 5.17. The monoisotopic (exact) mass is 139 g/mol. The van der Waals surface area contributed by atoms with Crippen molar-refractivity contribution in [2.75, 3.05) is 0 Å². The van der Waals surface area contributed by atoms with Crippen molar-refractivity contribution in [3.8, 4) is 0 Å². The van der Waals surface area contributed by atoms with Crippen molar-refractivity contribution in [1.29, 1.82) is 0 Å². The molecule has 0 spiro atoms. The van der Waals surface area contributed by atoms with Gasteiger partial charge in [-0.25, -0.2) is 0 Å². The van der Waals surface area contributed by atoms with Gasteiger partial charge in [-0.1, -0.05) is 18.5 Å². The van der Waals surface area contributed by atoms with Crippen molar-refractivity contribution in [2.24, 2.45) is 0 Å². The maximum Gasteiger partial charge on any atom is 0.126 e. The van der Waals surface area contributed by atoms with Crippen LogP contribution in [0.3, 0.4) is 0 Å². The topological polar surface area (TPSA) is 26.0 Å². The highest BCUT2D eigenvalue weighted by Crippen LogP contribution is 2.07. The second kappa shape index (κ2) is 3.40. The molecule has 0 saturated heterocycles. The molecule has 0 aliphatic carbocycles. The van der Waals surface area contributed by atoms with Crippen LogP contribution in [0, 0.1) is 6.92 Å². The molecule has 0 amide bonds. The van der Waals surface area contributed by atoms with E-state index in [1.54, 1.807) is 6.26 Å². The fourth-order valence-corrected chi connectivity index (χ4v) is 0.896. The highest BCUT2D eigenvalue weighted by molar-refractivity contribution is 5.11. The van der Waals surface area contributed by atoms with E-state index in [9.17, 15) is 0 Å². The van der Waals surface area contributed by atoms with E-state index in [1.165, 1.54) is 18.4 Å². The standard InChI is InChI=1S/C8H13NO/c1-3-4-5-8-7(2)6-10-9-8/h6H,3-5H2,1-2H3. The zero-order valence-corrected chi connectivity index (χ0v) is 6.55. The molecule has 0 aliphatic rings. The summed E-state index contributed by atoms with van der Waals surface area (Å²) in [5, 5.41) is 3.88.